The van der Waals surface area contributed by atoms with Gasteiger partial charge in [0.05, 0.1) is 0 Å². The minimum atomic E-state index is -3.59. The van der Waals surface area contributed by atoms with Crippen LogP contribution in [0.5, 0.6) is 0 Å². The van der Waals surface area contributed by atoms with Gasteiger partial charge in [-0.1, -0.05) is 44.2 Å². The molecule has 1 aromatic carbocycles. The highest BCUT2D eigenvalue weighted by Crippen LogP contribution is 2.41. The number of carboxylic acid groups (broad SMARTS) is 1. The summed E-state index contributed by atoms with van der Waals surface area (Å²) in [7, 11) is -3.59. The van der Waals surface area contributed by atoms with Crippen LogP contribution < -0.4 is 5.32 Å². The molecule has 0 aliphatic rings. The highest BCUT2D eigenvalue weighted by Gasteiger charge is 2.27. The van der Waals surface area contributed by atoms with E-state index in [1.54, 1.807) is 13.8 Å². The molecule has 1 rings (SSSR count). The number of unbranched alkanes of at least 4 members (excludes halogenated alkanes) is 1. The van der Waals surface area contributed by atoms with Crippen molar-refractivity contribution < 1.29 is 24.2 Å². The second-order valence-electron chi connectivity index (χ2n) is 6.30. The van der Waals surface area contributed by atoms with Crippen molar-refractivity contribution in [1.29, 1.82) is 0 Å². The van der Waals surface area contributed by atoms with E-state index >= 15 is 0 Å². The fourth-order valence-corrected chi connectivity index (χ4v) is 3.78. The summed E-state index contributed by atoms with van der Waals surface area (Å²) in [4.78, 5) is 32.8. The molecule has 6 nitrogen and oxygen atoms in total. The number of aryl methyl sites for hydroxylation is 1. The van der Waals surface area contributed by atoms with Gasteiger partial charge in [-0.3, -0.25) is 9.36 Å². The quantitative estimate of drug-likeness (QED) is 0.442. The van der Waals surface area contributed by atoms with Gasteiger partial charge in [-0.2, -0.15) is 0 Å². The molecule has 0 aromatic heterocycles. The third-order valence-corrected chi connectivity index (χ3v) is 5.50. The van der Waals surface area contributed by atoms with Gasteiger partial charge in [0, 0.05) is 6.16 Å². The van der Waals surface area contributed by atoms with Gasteiger partial charge in [0.25, 0.3) is 0 Å². The second kappa shape index (κ2) is 9.60. The van der Waals surface area contributed by atoms with E-state index in [1.807, 2.05) is 30.3 Å². The molecule has 0 aliphatic heterocycles. The number of hydrogen-bond acceptors (Lipinski definition) is 3. The van der Waals surface area contributed by atoms with Gasteiger partial charge in [-0.15, -0.1) is 0 Å². The van der Waals surface area contributed by atoms with Crippen LogP contribution in [-0.2, 0) is 20.6 Å². The molecule has 0 saturated carbocycles. The van der Waals surface area contributed by atoms with Crippen LogP contribution in [0.15, 0.2) is 30.3 Å². The maximum atomic E-state index is 12.1. The van der Waals surface area contributed by atoms with Gasteiger partial charge in [-0.05, 0) is 30.7 Å². The third kappa shape index (κ3) is 7.75. The van der Waals surface area contributed by atoms with Gasteiger partial charge < -0.3 is 15.3 Å². The molecule has 0 saturated heterocycles. The highest BCUT2D eigenvalue weighted by molar-refractivity contribution is 7.58. The Balaban J connectivity index is 2.38. The zero-order valence-electron chi connectivity index (χ0n) is 14.1. The molecule has 1 unspecified atom stereocenters. The minimum absolute atomic E-state index is 0.0622. The molecule has 0 heterocycles. The summed E-state index contributed by atoms with van der Waals surface area (Å²) >= 11 is 0. The first-order valence-electron chi connectivity index (χ1n) is 8.08. The predicted octanol–water partition coefficient (Wildman–Crippen LogP) is 2.51. The minimum Gasteiger partial charge on any atom is -0.480 e. The van der Waals surface area contributed by atoms with Crippen molar-refractivity contribution in [1.82, 2.24) is 5.32 Å². The number of amides is 1. The molecule has 0 fully saturated rings. The number of carboxylic acids is 1. The van der Waals surface area contributed by atoms with Crippen LogP contribution >= 0.6 is 7.37 Å². The fraction of sp³-hybridized carbons (Fsp3) is 0.529. The summed E-state index contributed by atoms with van der Waals surface area (Å²) in [6.07, 6.45) is 1.66. The lowest BCUT2D eigenvalue weighted by molar-refractivity contribution is -0.142. The first-order valence-corrected chi connectivity index (χ1v) is 10.1. The van der Waals surface area contributed by atoms with E-state index < -0.39 is 31.4 Å². The summed E-state index contributed by atoms with van der Waals surface area (Å²) in [6, 6.07) is 8.80. The standard InChI is InChI=1S/C17H26NO5P/c1-13(2)16(17(20)21)18-15(19)12-24(22,23)11-7-6-10-14-8-4-3-5-9-14/h3-5,8-9,13,16H,6-7,10-12H2,1-2H3,(H,18,19)(H,20,21)(H,22,23)/t16-/m0/s1. The van der Waals surface area contributed by atoms with E-state index in [0.717, 1.165) is 12.8 Å². The van der Waals surface area contributed by atoms with E-state index in [2.05, 4.69) is 5.32 Å². The topological polar surface area (TPSA) is 104 Å². The normalized spacial score (nSPS) is 14.8. The Labute approximate surface area is 142 Å². The maximum absolute atomic E-state index is 12.1. The van der Waals surface area contributed by atoms with Crippen LogP contribution in [0.3, 0.4) is 0 Å². The first-order chi connectivity index (χ1) is 11.2. The molecule has 0 spiro atoms. The number of nitrogens with one attached hydrogen (secondary N) is 1. The zero-order chi connectivity index (χ0) is 18.2. The van der Waals surface area contributed by atoms with Crippen LogP contribution in [0.4, 0.5) is 0 Å². The summed E-state index contributed by atoms with van der Waals surface area (Å²) in [5.74, 6) is -2.13. The van der Waals surface area contributed by atoms with Crippen LogP contribution in [0.1, 0.15) is 32.3 Å². The number of rotatable bonds is 10. The second-order valence-corrected chi connectivity index (χ2v) is 8.75. The molecule has 2 atom stereocenters. The molecular formula is C17H26NO5P. The highest BCUT2D eigenvalue weighted by atomic mass is 31.2. The van der Waals surface area contributed by atoms with E-state index in [1.165, 1.54) is 5.56 Å². The lowest BCUT2D eigenvalue weighted by Gasteiger charge is -2.19. The first kappa shape index (κ1) is 20.4. The molecule has 7 heteroatoms. The van der Waals surface area contributed by atoms with E-state index in [4.69, 9.17) is 5.11 Å². The fourth-order valence-electron chi connectivity index (χ4n) is 2.37. The molecular weight excluding hydrogens is 329 g/mol. The third-order valence-electron chi connectivity index (χ3n) is 3.71. The molecule has 0 radical (unpaired) electrons. The lowest BCUT2D eigenvalue weighted by Crippen LogP contribution is -2.45. The monoisotopic (exact) mass is 355 g/mol. The molecule has 3 N–H and O–H groups in total. The Morgan fingerprint density at radius 1 is 1.17 bits per heavy atom. The Bertz CT molecular complexity index is 588. The average molecular weight is 355 g/mol. The summed E-state index contributed by atoms with van der Waals surface area (Å²) in [5, 5.41) is 11.3. The largest absolute Gasteiger partial charge is 0.480 e. The summed E-state index contributed by atoms with van der Waals surface area (Å²) < 4.78 is 12.1. The van der Waals surface area contributed by atoms with E-state index in [0.29, 0.717) is 6.42 Å². The molecule has 1 amide bonds. The average Bonchev–Trinajstić information content (AvgIpc) is 2.49. The predicted molar refractivity (Wildman–Crippen MR) is 93.3 cm³/mol. The van der Waals surface area contributed by atoms with Crippen LogP contribution in [0.2, 0.25) is 0 Å². The smallest absolute Gasteiger partial charge is 0.326 e. The van der Waals surface area contributed by atoms with Crippen molar-refractivity contribution in [3.63, 3.8) is 0 Å². The molecule has 134 valence electrons. The van der Waals surface area contributed by atoms with E-state index in [-0.39, 0.29) is 12.1 Å². The van der Waals surface area contributed by atoms with Gasteiger partial charge in [0.15, 0.2) is 0 Å². The number of benzene rings is 1. The van der Waals surface area contributed by atoms with Crippen LogP contribution in [0.25, 0.3) is 0 Å². The van der Waals surface area contributed by atoms with Crippen molar-refractivity contribution in [2.75, 3.05) is 12.3 Å². The van der Waals surface area contributed by atoms with Crippen LogP contribution in [-0.4, -0.2) is 40.2 Å². The van der Waals surface area contributed by atoms with Crippen molar-refractivity contribution in [3.05, 3.63) is 35.9 Å². The van der Waals surface area contributed by atoms with Crippen molar-refractivity contribution in [3.8, 4) is 0 Å². The summed E-state index contributed by atoms with van der Waals surface area (Å²) in [6.45, 7) is 3.34. The molecule has 0 aliphatic carbocycles. The number of hydrogen-bond donors (Lipinski definition) is 3. The Morgan fingerprint density at radius 2 is 1.79 bits per heavy atom. The number of carbonyl (C=O) groups is 2. The number of carbonyl (C=O) groups excluding carboxylic acids is 1. The Morgan fingerprint density at radius 3 is 2.33 bits per heavy atom. The van der Waals surface area contributed by atoms with Gasteiger partial charge in [0.2, 0.25) is 13.3 Å². The maximum Gasteiger partial charge on any atom is 0.326 e. The molecule has 0 bridgehead atoms. The van der Waals surface area contributed by atoms with Crippen molar-refractivity contribution in [2.45, 2.75) is 39.2 Å². The zero-order valence-corrected chi connectivity index (χ0v) is 15.0. The summed E-state index contributed by atoms with van der Waals surface area (Å²) in [5.41, 5.74) is 1.17. The Hall–Kier alpha value is -1.65. The van der Waals surface area contributed by atoms with E-state index in [9.17, 15) is 19.0 Å². The van der Waals surface area contributed by atoms with Crippen LogP contribution in [0, 0.1) is 5.92 Å². The van der Waals surface area contributed by atoms with Gasteiger partial charge >= 0.3 is 5.97 Å². The molecule has 24 heavy (non-hydrogen) atoms. The van der Waals surface area contributed by atoms with Gasteiger partial charge in [-0.25, -0.2) is 4.79 Å². The van der Waals surface area contributed by atoms with Crippen molar-refractivity contribution >= 4 is 19.2 Å². The SMILES string of the molecule is CC(C)[C@H](NC(=O)CP(=O)(O)CCCCc1ccccc1)C(=O)O. The van der Waals surface area contributed by atoms with Gasteiger partial charge in [0.1, 0.15) is 12.2 Å². The van der Waals surface area contributed by atoms with Crippen molar-refractivity contribution in [2.24, 2.45) is 5.92 Å². The molecule has 1 aromatic rings. The number of aliphatic carboxylic acids is 1. The lowest BCUT2D eigenvalue weighted by atomic mass is 10.1. The Kier molecular flexibility index (Phi) is 8.16.